The number of halogens is 4. The van der Waals surface area contributed by atoms with Crippen molar-refractivity contribution in [1.29, 1.82) is 0 Å². The van der Waals surface area contributed by atoms with Crippen LogP contribution < -0.4 is 10.1 Å². The molecule has 0 amide bonds. The quantitative estimate of drug-likeness (QED) is 0.271. The second-order valence-corrected chi connectivity index (χ2v) is 7.34. The predicted molar refractivity (Wildman–Crippen MR) is 119 cm³/mol. The second kappa shape index (κ2) is 10.1. The zero-order chi connectivity index (χ0) is 21.6. The summed E-state index contributed by atoms with van der Waals surface area (Å²) in [7, 11) is 0. The molecule has 3 rings (SSSR count). The van der Waals surface area contributed by atoms with Crippen LogP contribution in [0.1, 0.15) is 29.3 Å². The molecule has 1 aromatic heterocycles. The van der Waals surface area contributed by atoms with E-state index in [0.29, 0.717) is 11.5 Å². The summed E-state index contributed by atoms with van der Waals surface area (Å²) in [4.78, 5) is 8.68. The van der Waals surface area contributed by atoms with Gasteiger partial charge in [0.05, 0.1) is 5.56 Å². The van der Waals surface area contributed by atoms with Crippen LogP contribution in [0, 0.1) is 0 Å². The zero-order valence-corrected chi connectivity index (χ0v) is 18.5. The number of hydrogen-bond acceptors (Lipinski definition) is 4. The summed E-state index contributed by atoms with van der Waals surface area (Å²) in [5.74, 6) is 1.81. The monoisotopic (exact) mass is 527 g/mol. The van der Waals surface area contributed by atoms with Gasteiger partial charge in [0.15, 0.2) is 0 Å². The van der Waals surface area contributed by atoms with Crippen LogP contribution >= 0.6 is 22.6 Å². The number of rotatable bonds is 8. The van der Waals surface area contributed by atoms with E-state index < -0.39 is 11.7 Å². The summed E-state index contributed by atoms with van der Waals surface area (Å²) in [6.07, 6.45) is -1.09. The van der Waals surface area contributed by atoms with Gasteiger partial charge in [-0.05, 0) is 54.8 Å². The van der Waals surface area contributed by atoms with Crippen molar-refractivity contribution >= 4 is 28.4 Å². The lowest BCUT2D eigenvalue weighted by atomic mass is 10.1. The Bertz CT molecular complexity index is 961. The Morgan fingerprint density at radius 2 is 1.60 bits per heavy atom. The third kappa shape index (κ3) is 5.84. The van der Waals surface area contributed by atoms with Gasteiger partial charge in [-0.2, -0.15) is 13.2 Å². The molecule has 0 spiro atoms. The molecule has 2 aromatic carbocycles. The van der Waals surface area contributed by atoms with E-state index in [0.717, 1.165) is 58.6 Å². The van der Waals surface area contributed by atoms with Crippen molar-refractivity contribution in [1.82, 2.24) is 9.97 Å². The first-order chi connectivity index (χ1) is 14.4. The smallest absolute Gasteiger partial charge is 0.416 e. The summed E-state index contributed by atoms with van der Waals surface area (Å²) < 4.78 is 44.4. The van der Waals surface area contributed by atoms with E-state index in [4.69, 9.17) is 4.74 Å². The summed E-state index contributed by atoms with van der Waals surface area (Å²) in [6.45, 7) is 2.80. The third-order valence-electron chi connectivity index (χ3n) is 4.55. The number of aryl methyl sites for hydroxylation is 1. The Balaban J connectivity index is 1.55. The highest BCUT2D eigenvalue weighted by Crippen LogP contribution is 2.31. The number of alkyl halides is 4. The molecule has 0 saturated carbocycles. The SMILES string of the molecule is CCc1ncnc(NCCc2ccc(Oc3ccc(C(F)(F)F)cc3)cc2)c1CI. The summed E-state index contributed by atoms with van der Waals surface area (Å²) in [5, 5.41) is 3.38. The molecule has 8 heteroatoms. The van der Waals surface area contributed by atoms with Gasteiger partial charge in [-0.3, -0.25) is 0 Å². The van der Waals surface area contributed by atoms with Crippen LogP contribution in [0.25, 0.3) is 0 Å². The zero-order valence-electron chi connectivity index (χ0n) is 16.3. The van der Waals surface area contributed by atoms with Crippen LogP contribution in [0.2, 0.25) is 0 Å². The topological polar surface area (TPSA) is 47.0 Å². The lowest BCUT2D eigenvalue weighted by Crippen LogP contribution is -2.10. The molecule has 0 radical (unpaired) electrons. The molecule has 0 aliphatic rings. The van der Waals surface area contributed by atoms with Gasteiger partial charge in [0, 0.05) is 22.2 Å². The summed E-state index contributed by atoms with van der Waals surface area (Å²) in [5.41, 5.74) is 2.62. The standard InChI is InChI=1S/C22H21F3IN3O/c1-2-20-19(13-26)21(29-14-28-20)27-12-11-15-3-7-17(8-4-15)30-18-9-5-16(6-10-18)22(23,24)25/h3-10,14H,2,11-13H2,1H3,(H,27,28,29). The number of aromatic nitrogens is 2. The number of ether oxygens (including phenoxy) is 1. The van der Waals surface area contributed by atoms with Crippen molar-refractivity contribution in [2.45, 2.75) is 30.4 Å². The molecular formula is C22H21F3IN3O. The highest BCUT2D eigenvalue weighted by Gasteiger charge is 2.30. The molecule has 0 saturated heterocycles. The summed E-state index contributed by atoms with van der Waals surface area (Å²) in [6, 6.07) is 12.2. The maximum Gasteiger partial charge on any atom is 0.416 e. The maximum absolute atomic E-state index is 12.6. The fraction of sp³-hybridized carbons (Fsp3) is 0.273. The molecule has 0 aliphatic heterocycles. The molecule has 158 valence electrons. The van der Waals surface area contributed by atoms with Gasteiger partial charge in [-0.25, -0.2) is 9.97 Å². The van der Waals surface area contributed by atoms with Gasteiger partial charge in [0.25, 0.3) is 0 Å². The normalized spacial score (nSPS) is 11.4. The van der Waals surface area contributed by atoms with Gasteiger partial charge in [0.1, 0.15) is 23.6 Å². The number of hydrogen-bond donors (Lipinski definition) is 1. The highest BCUT2D eigenvalue weighted by atomic mass is 127. The van der Waals surface area contributed by atoms with E-state index in [1.165, 1.54) is 12.1 Å². The Morgan fingerprint density at radius 1 is 0.967 bits per heavy atom. The van der Waals surface area contributed by atoms with E-state index in [-0.39, 0.29) is 0 Å². The third-order valence-corrected chi connectivity index (χ3v) is 5.31. The number of anilines is 1. The Labute approximate surface area is 187 Å². The van der Waals surface area contributed by atoms with Crippen molar-refractivity contribution in [3.8, 4) is 11.5 Å². The average molecular weight is 527 g/mol. The van der Waals surface area contributed by atoms with Crippen molar-refractivity contribution in [2.24, 2.45) is 0 Å². The van der Waals surface area contributed by atoms with Gasteiger partial charge in [0.2, 0.25) is 0 Å². The van der Waals surface area contributed by atoms with E-state index in [2.05, 4.69) is 44.8 Å². The van der Waals surface area contributed by atoms with Crippen LogP contribution in [-0.2, 0) is 23.4 Å². The van der Waals surface area contributed by atoms with E-state index >= 15 is 0 Å². The first-order valence-corrected chi connectivity index (χ1v) is 11.0. The molecule has 0 fully saturated rings. The minimum absolute atomic E-state index is 0.360. The molecule has 0 atom stereocenters. The van der Waals surface area contributed by atoms with E-state index in [9.17, 15) is 13.2 Å². The first-order valence-electron chi connectivity index (χ1n) is 9.47. The molecular weight excluding hydrogens is 506 g/mol. The minimum atomic E-state index is -4.35. The van der Waals surface area contributed by atoms with Gasteiger partial charge < -0.3 is 10.1 Å². The maximum atomic E-state index is 12.6. The summed E-state index contributed by atoms with van der Waals surface area (Å²) >= 11 is 2.32. The molecule has 0 bridgehead atoms. The molecule has 1 heterocycles. The average Bonchev–Trinajstić information content (AvgIpc) is 2.74. The number of nitrogens with zero attached hydrogens (tertiary/aromatic N) is 2. The Hall–Kier alpha value is -2.36. The highest BCUT2D eigenvalue weighted by molar-refractivity contribution is 14.1. The molecule has 4 nitrogen and oxygen atoms in total. The number of nitrogens with one attached hydrogen (secondary N) is 1. The van der Waals surface area contributed by atoms with E-state index in [1.54, 1.807) is 6.33 Å². The van der Waals surface area contributed by atoms with Gasteiger partial charge >= 0.3 is 6.18 Å². The fourth-order valence-electron chi connectivity index (χ4n) is 2.94. The van der Waals surface area contributed by atoms with Crippen molar-refractivity contribution < 1.29 is 17.9 Å². The first kappa shape index (κ1) is 22.3. The second-order valence-electron chi connectivity index (χ2n) is 6.58. The lowest BCUT2D eigenvalue weighted by molar-refractivity contribution is -0.137. The lowest BCUT2D eigenvalue weighted by Gasteiger charge is -2.12. The largest absolute Gasteiger partial charge is 0.457 e. The Morgan fingerprint density at radius 3 is 2.17 bits per heavy atom. The minimum Gasteiger partial charge on any atom is -0.457 e. The van der Waals surface area contributed by atoms with Crippen molar-refractivity contribution in [2.75, 3.05) is 11.9 Å². The van der Waals surface area contributed by atoms with Crippen LogP contribution in [-0.4, -0.2) is 16.5 Å². The van der Waals surface area contributed by atoms with Gasteiger partial charge in [-0.1, -0.05) is 41.6 Å². The fourth-order valence-corrected chi connectivity index (χ4v) is 3.75. The molecule has 1 N–H and O–H groups in total. The molecule has 0 aliphatic carbocycles. The molecule has 3 aromatic rings. The van der Waals surface area contributed by atoms with Crippen LogP contribution in [0.3, 0.4) is 0 Å². The van der Waals surface area contributed by atoms with Crippen LogP contribution in [0.15, 0.2) is 54.9 Å². The molecule has 30 heavy (non-hydrogen) atoms. The van der Waals surface area contributed by atoms with Crippen LogP contribution in [0.4, 0.5) is 19.0 Å². The number of benzene rings is 2. The molecule has 0 unspecified atom stereocenters. The predicted octanol–water partition coefficient (Wildman–Crippen LogP) is 6.44. The van der Waals surface area contributed by atoms with Gasteiger partial charge in [-0.15, -0.1) is 0 Å². The van der Waals surface area contributed by atoms with Crippen molar-refractivity contribution in [3.63, 3.8) is 0 Å². The van der Waals surface area contributed by atoms with Crippen LogP contribution in [0.5, 0.6) is 11.5 Å². The Kier molecular flexibility index (Phi) is 7.52. The van der Waals surface area contributed by atoms with Crippen molar-refractivity contribution in [3.05, 3.63) is 77.2 Å². The van der Waals surface area contributed by atoms with E-state index in [1.807, 2.05) is 24.3 Å².